The number of carbonyl (C=O) groups is 1. The van der Waals surface area contributed by atoms with Crippen LogP contribution in [-0.2, 0) is 4.79 Å². The van der Waals surface area contributed by atoms with Gasteiger partial charge in [-0.1, -0.05) is 18.7 Å². The van der Waals surface area contributed by atoms with Crippen LogP contribution in [0.4, 0.5) is 0 Å². The summed E-state index contributed by atoms with van der Waals surface area (Å²) in [5.74, 6) is 0.141. The molecule has 3 nitrogen and oxygen atoms in total. The zero-order chi connectivity index (χ0) is 11.5. The van der Waals surface area contributed by atoms with Gasteiger partial charge >= 0.3 is 5.97 Å². The van der Waals surface area contributed by atoms with Gasteiger partial charge in [-0.25, -0.2) is 4.79 Å². The summed E-state index contributed by atoms with van der Waals surface area (Å²) in [6, 6.07) is 10.2. The lowest BCUT2D eigenvalue weighted by molar-refractivity contribution is -0.128. The highest BCUT2D eigenvalue weighted by atomic mass is 16.5. The van der Waals surface area contributed by atoms with Crippen LogP contribution in [0.3, 0.4) is 0 Å². The summed E-state index contributed by atoms with van der Waals surface area (Å²) in [7, 11) is 0. The molecule has 2 aromatic carbocycles. The second kappa shape index (κ2) is 4.06. The van der Waals surface area contributed by atoms with Gasteiger partial charge < -0.3 is 9.84 Å². The highest BCUT2D eigenvalue weighted by Crippen LogP contribution is 2.28. The van der Waals surface area contributed by atoms with E-state index in [0.717, 1.165) is 16.8 Å². The van der Waals surface area contributed by atoms with E-state index in [1.54, 1.807) is 30.3 Å². The minimum Gasteiger partial charge on any atom is -0.508 e. The number of phenolic OH excluding ortho intramolecular Hbond substituents is 1. The van der Waals surface area contributed by atoms with Crippen LogP contribution in [0.25, 0.3) is 10.8 Å². The van der Waals surface area contributed by atoms with Crippen LogP contribution < -0.4 is 4.74 Å². The van der Waals surface area contributed by atoms with Crippen LogP contribution in [0.1, 0.15) is 0 Å². The van der Waals surface area contributed by atoms with Crippen molar-refractivity contribution in [2.45, 2.75) is 0 Å². The first kappa shape index (κ1) is 10.2. The van der Waals surface area contributed by atoms with E-state index in [1.165, 1.54) is 0 Å². The van der Waals surface area contributed by atoms with Crippen molar-refractivity contribution in [1.82, 2.24) is 0 Å². The lowest BCUT2D eigenvalue weighted by Crippen LogP contribution is -2.03. The number of hydrogen-bond donors (Lipinski definition) is 1. The van der Waals surface area contributed by atoms with Gasteiger partial charge in [-0.2, -0.15) is 0 Å². The van der Waals surface area contributed by atoms with Crippen molar-refractivity contribution >= 4 is 16.7 Å². The predicted molar refractivity (Wildman–Crippen MR) is 61.4 cm³/mol. The first-order valence-electron chi connectivity index (χ1n) is 4.76. The van der Waals surface area contributed by atoms with E-state index in [2.05, 4.69) is 6.58 Å². The molecule has 0 radical (unpaired) electrons. The van der Waals surface area contributed by atoms with Gasteiger partial charge in [0.15, 0.2) is 0 Å². The molecule has 0 heterocycles. The number of phenols is 1. The number of esters is 1. The Bertz CT molecular complexity index is 558. The minimum absolute atomic E-state index is 0.180. The Kier molecular flexibility index (Phi) is 2.60. The normalized spacial score (nSPS) is 10.0. The van der Waals surface area contributed by atoms with Crippen LogP contribution in [0.5, 0.6) is 11.5 Å². The molecule has 3 heteroatoms. The third-order valence-electron chi connectivity index (χ3n) is 2.20. The molecule has 16 heavy (non-hydrogen) atoms. The second-order valence-electron chi connectivity index (χ2n) is 3.29. The molecule has 0 unspecified atom stereocenters. The molecule has 0 amide bonds. The van der Waals surface area contributed by atoms with Gasteiger partial charge in [0.25, 0.3) is 0 Å². The molecule has 0 aliphatic heterocycles. The SMILES string of the molecule is C=CC(=O)Oc1cccc2cc(O)ccc12. The van der Waals surface area contributed by atoms with Crippen molar-refractivity contribution in [3.8, 4) is 11.5 Å². The quantitative estimate of drug-likeness (QED) is 0.475. The highest BCUT2D eigenvalue weighted by molar-refractivity contribution is 5.93. The van der Waals surface area contributed by atoms with Gasteiger partial charge in [0.05, 0.1) is 0 Å². The summed E-state index contributed by atoms with van der Waals surface area (Å²) in [4.78, 5) is 11.1. The van der Waals surface area contributed by atoms with Crippen LogP contribution in [-0.4, -0.2) is 11.1 Å². The fraction of sp³-hybridized carbons (Fsp3) is 0. The Morgan fingerprint density at radius 1 is 1.31 bits per heavy atom. The zero-order valence-electron chi connectivity index (χ0n) is 8.51. The maximum atomic E-state index is 11.1. The summed E-state index contributed by atoms with van der Waals surface area (Å²) in [6.45, 7) is 3.34. The van der Waals surface area contributed by atoms with Crippen LogP contribution in [0.15, 0.2) is 49.1 Å². The third-order valence-corrected chi connectivity index (χ3v) is 2.20. The number of aromatic hydroxyl groups is 1. The first-order chi connectivity index (χ1) is 7.70. The Balaban J connectivity index is 2.53. The van der Waals surface area contributed by atoms with E-state index < -0.39 is 5.97 Å². The lowest BCUT2D eigenvalue weighted by atomic mass is 10.1. The molecule has 0 spiro atoms. The molecule has 0 atom stereocenters. The Morgan fingerprint density at radius 3 is 2.88 bits per heavy atom. The third kappa shape index (κ3) is 1.88. The largest absolute Gasteiger partial charge is 0.508 e. The topological polar surface area (TPSA) is 46.5 Å². The van der Waals surface area contributed by atoms with E-state index >= 15 is 0 Å². The van der Waals surface area contributed by atoms with E-state index in [0.29, 0.717) is 5.75 Å². The predicted octanol–water partition coefficient (Wildman–Crippen LogP) is 2.64. The fourth-order valence-electron chi connectivity index (χ4n) is 1.48. The van der Waals surface area contributed by atoms with Gasteiger partial charge in [0.1, 0.15) is 11.5 Å². The molecule has 1 N–H and O–H groups in total. The van der Waals surface area contributed by atoms with Crippen molar-refractivity contribution in [1.29, 1.82) is 0 Å². The van der Waals surface area contributed by atoms with Crippen molar-refractivity contribution in [3.63, 3.8) is 0 Å². The number of rotatable bonds is 2. The Hall–Kier alpha value is -2.29. The van der Waals surface area contributed by atoms with E-state index in [-0.39, 0.29) is 5.75 Å². The molecule has 0 aliphatic carbocycles. The Labute approximate surface area is 92.6 Å². The van der Waals surface area contributed by atoms with Gasteiger partial charge in [-0.05, 0) is 29.7 Å². The highest BCUT2D eigenvalue weighted by Gasteiger charge is 2.05. The molecular weight excluding hydrogens is 204 g/mol. The van der Waals surface area contributed by atoms with E-state index in [1.807, 2.05) is 6.07 Å². The van der Waals surface area contributed by atoms with Crippen LogP contribution in [0.2, 0.25) is 0 Å². The van der Waals surface area contributed by atoms with Crippen molar-refractivity contribution < 1.29 is 14.6 Å². The molecule has 0 aromatic heterocycles. The number of fused-ring (bicyclic) bond motifs is 1. The number of benzene rings is 2. The van der Waals surface area contributed by atoms with Gasteiger partial charge in [-0.15, -0.1) is 0 Å². The van der Waals surface area contributed by atoms with Crippen molar-refractivity contribution in [2.24, 2.45) is 0 Å². The van der Waals surface area contributed by atoms with Gasteiger partial charge in [-0.3, -0.25) is 0 Å². The molecular formula is C13H10O3. The van der Waals surface area contributed by atoms with E-state index in [9.17, 15) is 9.90 Å². The van der Waals surface area contributed by atoms with E-state index in [4.69, 9.17) is 4.74 Å². The van der Waals surface area contributed by atoms with Gasteiger partial charge in [0.2, 0.25) is 0 Å². The first-order valence-corrected chi connectivity index (χ1v) is 4.76. The monoisotopic (exact) mass is 214 g/mol. The Morgan fingerprint density at radius 2 is 2.12 bits per heavy atom. The molecule has 0 saturated heterocycles. The number of carbonyl (C=O) groups excluding carboxylic acids is 1. The summed E-state index contributed by atoms with van der Waals surface area (Å²) >= 11 is 0. The lowest BCUT2D eigenvalue weighted by Gasteiger charge is -2.05. The fourth-order valence-corrected chi connectivity index (χ4v) is 1.48. The maximum Gasteiger partial charge on any atom is 0.335 e. The molecule has 0 saturated carbocycles. The summed E-state index contributed by atoms with van der Waals surface area (Å²) in [6.07, 6.45) is 1.11. The molecule has 0 fully saturated rings. The summed E-state index contributed by atoms with van der Waals surface area (Å²) < 4.78 is 5.08. The van der Waals surface area contributed by atoms with Crippen LogP contribution in [0, 0.1) is 0 Å². The standard InChI is InChI=1S/C13H10O3/c1-2-13(15)16-12-5-3-4-9-8-10(14)6-7-11(9)12/h2-8,14H,1H2. The average Bonchev–Trinajstić information content (AvgIpc) is 2.28. The average molecular weight is 214 g/mol. The van der Waals surface area contributed by atoms with Crippen LogP contribution >= 0.6 is 0 Å². The second-order valence-corrected chi connectivity index (χ2v) is 3.29. The molecule has 80 valence electrons. The zero-order valence-corrected chi connectivity index (χ0v) is 8.51. The maximum absolute atomic E-state index is 11.1. The number of ether oxygens (including phenoxy) is 1. The molecule has 2 aromatic rings. The molecule has 2 rings (SSSR count). The smallest absolute Gasteiger partial charge is 0.335 e. The summed E-state index contributed by atoms with van der Waals surface area (Å²) in [5.41, 5.74) is 0. The summed E-state index contributed by atoms with van der Waals surface area (Å²) in [5, 5.41) is 10.9. The molecule has 0 aliphatic rings. The minimum atomic E-state index is -0.499. The molecule has 0 bridgehead atoms. The van der Waals surface area contributed by atoms with Gasteiger partial charge in [0, 0.05) is 11.5 Å². The number of hydrogen-bond acceptors (Lipinski definition) is 3. The van der Waals surface area contributed by atoms with Crippen molar-refractivity contribution in [2.75, 3.05) is 0 Å². The van der Waals surface area contributed by atoms with Crippen molar-refractivity contribution in [3.05, 3.63) is 49.1 Å².